The second-order valence-corrected chi connectivity index (χ2v) is 4.66. The molecule has 0 radical (unpaired) electrons. The van der Waals surface area contributed by atoms with E-state index in [0.717, 1.165) is 17.1 Å². The fourth-order valence-corrected chi connectivity index (χ4v) is 2.15. The lowest BCUT2D eigenvalue weighted by molar-refractivity contribution is 0.507. The zero-order chi connectivity index (χ0) is 13.9. The van der Waals surface area contributed by atoms with Crippen LogP contribution in [0.2, 0.25) is 0 Å². The Kier molecular flexibility index (Phi) is 3.33. The van der Waals surface area contributed by atoms with Gasteiger partial charge in [-0.05, 0) is 40.6 Å². The summed E-state index contributed by atoms with van der Waals surface area (Å²) < 4.78 is 26.0. The molecule has 1 nitrogen and oxygen atoms in total. The van der Waals surface area contributed by atoms with E-state index in [1.165, 1.54) is 11.5 Å². The zero-order valence-corrected chi connectivity index (χ0v) is 10.7. The number of hydrogen-bond acceptors (Lipinski definition) is 1. The first kappa shape index (κ1) is 12.6. The molecule has 0 heterocycles. The number of benzene rings is 3. The molecule has 3 rings (SSSR count). The zero-order valence-electron chi connectivity index (χ0n) is 10.7. The van der Waals surface area contributed by atoms with Crippen molar-refractivity contribution in [2.75, 3.05) is 5.32 Å². The van der Waals surface area contributed by atoms with Crippen molar-refractivity contribution in [3.63, 3.8) is 0 Å². The van der Waals surface area contributed by atoms with E-state index in [-0.39, 0.29) is 0 Å². The molecule has 3 aromatic carbocycles. The van der Waals surface area contributed by atoms with E-state index in [1.807, 2.05) is 36.4 Å². The molecule has 0 aliphatic carbocycles. The molecule has 0 bridgehead atoms. The normalized spacial score (nSPS) is 10.7. The van der Waals surface area contributed by atoms with Gasteiger partial charge in [0.2, 0.25) is 0 Å². The maximum Gasteiger partial charge on any atom is 0.159 e. The summed E-state index contributed by atoms with van der Waals surface area (Å²) >= 11 is 0. The second kappa shape index (κ2) is 5.29. The van der Waals surface area contributed by atoms with E-state index in [0.29, 0.717) is 12.1 Å². The van der Waals surface area contributed by atoms with Gasteiger partial charge in [0.25, 0.3) is 0 Å². The topological polar surface area (TPSA) is 12.0 Å². The minimum Gasteiger partial charge on any atom is -0.381 e. The van der Waals surface area contributed by atoms with Crippen molar-refractivity contribution >= 4 is 16.5 Å². The van der Waals surface area contributed by atoms with Gasteiger partial charge in [-0.1, -0.05) is 36.4 Å². The highest BCUT2D eigenvalue weighted by atomic mass is 19.2. The van der Waals surface area contributed by atoms with Crippen molar-refractivity contribution in [1.82, 2.24) is 0 Å². The number of rotatable bonds is 3. The van der Waals surface area contributed by atoms with Crippen molar-refractivity contribution in [2.24, 2.45) is 0 Å². The summed E-state index contributed by atoms with van der Waals surface area (Å²) in [4.78, 5) is 0. The van der Waals surface area contributed by atoms with E-state index in [9.17, 15) is 8.78 Å². The number of anilines is 1. The molecular formula is C17H13F2N. The molecule has 0 saturated heterocycles. The quantitative estimate of drug-likeness (QED) is 0.724. The summed E-state index contributed by atoms with van der Waals surface area (Å²) in [5.74, 6) is -1.64. The molecule has 0 amide bonds. The third-order valence-electron chi connectivity index (χ3n) is 3.23. The van der Waals surface area contributed by atoms with Crippen molar-refractivity contribution in [3.05, 3.63) is 77.9 Å². The van der Waals surface area contributed by atoms with Gasteiger partial charge in [-0.2, -0.15) is 0 Å². The summed E-state index contributed by atoms with van der Waals surface area (Å²) in [5.41, 5.74) is 1.66. The third-order valence-corrected chi connectivity index (χ3v) is 3.23. The number of fused-ring (bicyclic) bond motifs is 1. The van der Waals surface area contributed by atoms with E-state index >= 15 is 0 Å². The van der Waals surface area contributed by atoms with Crippen LogP contribution >= 0.6 is 0 Å². The van der Waals surface area contributed by atoms with Crippen molar-refractivity contribution in [3.8, 4) is 0 Å². The Bertz CT molecular complexity index is 753. The molecule has 0 saturated carbocycles. The lowest BCUT2D eigenvalue weighted by Gasteiger charge is -2.08. The molecule has 0 spiro atoms. The molecule has 3 aromatic rings. The van der Waals surface area contributed by atoms with Gasteiger partial charge in [0.15, 0.2) is 11.6 Å². The van der Waals surface area contributed by atoms with E-state index in [2.05, 4.69) is 11.4 Å². The molecule has 20 heavy (non-hydrogen) atoms. The van der Waals surface area contributed by atoms with E-state index in [1.54, 1.807) is 6.07 Å². The predicted octanol–water partition coefficient (Wildman–Crippen LogP) is 4.73. The molecule has 100 valence electrons. The Hall–Kier alpha value is -2.42. The molecule has 0 fully saturated rings. The Morgan fingerprint density at radius 2 is 1.55 bits per heavy atom. The fourth-order valence-electron chi connectivity index (χ4n) is 2.15. The number of hydrogen-bond donors (Lipinski definition) is 1. The number of halogens is 2. The van der Waals surface area contributed by atoms with Gasteiger partial charge in [0, 0.05) is 12.2 Å². The van der Waals surface area contributed by atoms with Crippen LogP contribution < -0.4 is 5.32 Å². The number of nitrogens with one attached hydrogen (secondary N) is 1. The van der Waals surface area contributed by atoms with Crippen molar-refractivity contribution < 1.29 is 8.78 Å². The van der Waals surface area contributed by atoms with Crippen LogP contribution in [-0.4, -0.2) is 0 Å². The van der Waals surface area contributed by atoms with Gasteiger partial charge in [-0.15, -0.1) is 0 Å². The highest BCUT2D eigenvalue weighted by Gasteiger charge is 2.02. The molecular weight excluding hydrogens is 256 g/mol. The van der Waals surface area contributed by atoms with Gasteiger partial charge in [0.1, 0.15) is 0 Å². The van der Waals surface area contributed by atoms with Crippen LogP contribution in [0.5, 0.6) is 0 Å². The summed E-state index contributed by atoms with van der Waals surface area (Å²) in [6.07, 6.45) is 0. The third kappa shape index (κ3) is 2.62. The van der Waals surface area contributed by atoms with Crippen LogP contribution in [-0.2, 0) is 6.54 Å². The van der Waals surface area contributed by atoms with Crippen molar-refractivity contribution in [1.29, 1.82) is 0 Å². The van der Waals surface area contributed by atoms with Crippen LogP contribution in [0.1, 0.15) is 5.56 Å². The summed E-state index contributed by atoms with van der Waals surface area (Å²) in [5, 5.41) is 5.52. The molecule has 0 unspecified atom stereocenters. The minimum atomic E-state index is -0.820. The van der Waals surface area contributed by atoms with Gasteiger partial charge in [-0.25, -0.2) is 8.78 Å². The monoisotopic (exact) mass is 269 g/mol. The lowest BCUT2D eigenvalue weighted by Crippen LogP contribution is -2.00. The first-order chi connectivity index (χ1) is 9.72. The van der Waals surface area contributed by atoms with E-state index in [4.69, 9.17) is 0 Å². The Morgan fingerprint density at radius 1 is 0.750 bits per heavy atom. The molecule has 0 aliphatic heterocycles. The van der Waals surface area contributed by atoms with Crippen LogP contribution in [0.25, 0.3) is 10.8 Å². The average Bonchev–Trinajstić information content (AvgIpc) is 2.48. The Labute approximate surface area is 115 Å². The van der Waals surface area contributed by atoms with Gasteiger partial charge in [0.05, 0.1) is 0 Å². The summed E-state index contributed by atoms with van der Waals surface area (Å²) in [6, 6.07) is 18.0. The molecule has 0 aromatic heterocycles. The largest absolute Gasteiger partial charge is 0.381 e. The van der Waals surface area contributed by atoms with Crippen LogP contribution in [0.3, 0.4) is 0 Å². The van der Waals surface area contributed by atoms with Crippen molar-refractivity contribution in [2.45, 2.75) is 6.54 Å². The maximum atomic E-state index is 13.1. The lowest BCUT2D eigenvalue weighted by atomic mass is 10.1. The van der Waals surface area contributed by atoms with Crippen LogP contribution in [0.4, 0.5) is 14.5 Å². The van der Waals surface area contributed by atoms with Gasteiger partial charge in [-0.3, -0.25) is 0 Å². The van der Waals surface area contributed by atoms with Gasteiger partial charge < -0.3 is 5.32 Å². The van der Waals surface area contributed by atoms with Crippen LogP contribution in [0.15, 0.2) is 60.7 Å². The van der Waals surface area contributed by atoms with Gasteiger partial charge >= 0.3 is 0 Å². The summed E-state index contributed by atoms with van der Waals surface area (Å²) in [7, 11) is 0. The highest BCUT2D eigenvalue weighted by Crippen LogP contribution is 2.19. The highest BCUT2D eigenvalue weighted by molar-refractivity contribution is 5.85. The Morgan fingerprint density at radius 3 is 2.35 bits per heavy atom. The second-order valence-electron chi connectivity index (χ2n) is 4.66. The Balaban J connectivity index is 1.77. The molecule has 0 aliphatic rings. The predicted molar refractivity (Wildman–Crippen MR) is 77.6 cm³/mol. The smallest absolute Gasteiger partial charge is 0.159 e. The summed E-state index contributed by atoms with van der Waals surface area (Å²) in [6.45, 7) is 0.454. The maximum absolute atomic E-state index is 13.1. The molecule has 0 atom stereocenters. The van der Waals surface area contributed by atoms with Crippen LogP contribution in [0, 0.1) is 11.6 Å². The first-order valence-corrected chi connectivity index (χ1v) is 6.39. The standard InChI is InChI=1S/C17H13F2N/c18-16-8-5-12(9-17(16)19)11-20-15-7-6-13-3-1-2-4-14(13)10-15/h1-10,20H,11H2. The SMILES string of the molecule is Fc1ccc(CNc2ccc3ccccc3c2)cc1F. The average molecular weight is 269 g/mol. The van der Waals surface area contributed by atoms with E-state index < -0.39 is 11.6 Å². The fraction of sp³-hybridized carbons (Fsp3) is 0.0588. The molecule has 3 heteroatoms. The molecule has 1 N–H and O–H groups in total. The first-order valence-electron chi connectivity index (χ1n) is 6.39. The minimum absolute atomic E-state index is 0.454.